The molecule has 8 heteroatoms. The molecular weight excluding hydrogens is 454 g/mol. The number of ether oxygens (including phenoxy) is 2. The van der Waals surface area contributed by atoms with E-state index in [-0.39, 0.29) is 11.8 Å². The summed E-state index contributed by atoms with van der Waals surface area (Å²) in [5.41, 5.74) is 5.57. The molecule has 1 aliphatic rings. The van der Waals surface area contributed by atoms with E-state index in [0.29, 0.717) is 17.2 Å². The van der Waals surface area contributed by atoms with E-state index in [2.05, 4.69) is 47.5 Å². The molecule has 0 saturated carbocycles. The summed E-state index contributed by atoms with van der Waals surface area (Å²) >= 11 is 0. The molecule has 0 spiro atoms. The summed E-state index contributed by atoms with van der Waals surface area (Å²) in [7, 11) is 3.19. The van der Waals surface area contributed by atoms with Crippen LogP contribution in [-0.2, 0) is 4.79 Å². The minimum Gasteiger partial charge on any atom is -0.497 e. The molecule has 3 heterocycles. The molecular formula is C28H31N5O3. The number of amides is 1. The van der Waals surface area contributed by atoms with Gasteiger partial charge in [-0.05, 0) is 38.8 Å². The highest BCUT2D eigenvalue weighted by atomic mass is 16.5. The van der Waals surface area contributed by atoms with E-state index in [1.54, 1.807) is 26.4 Å². The Balaban J connectivity index is 1.32. The molecule has 186 valence electrons. The van der Waals surface area contributed by atoms with Gasteiger partial charge in [-0.15, -0.1) is 0 Å². The molecule has 0 radical (unpaired) electrons. The first-order valence-corrected chi connectivity index (χ1v) is 12.2. The molecule has 0 atom stereocenters. The van der Waals surface area contributed by atoms with Crippen molar-refractivity contribution in [1.82, 2.24) is 14.6 Å². The Morgan fingerprint density at radius 2 is 1.72 bits per heavy atom. The van der Waals surface area contributed by atoms with Crippen molar-refractivity contribution >= 4 is 23.1 Å². The number of carbonyl (C=O) groups is 1. The lowest BCUT2D eigenvalue weighted by atomic mass is 9.95. The van der Waals surface area contributed by atoms with Gasteiger partial charge in [-0.2, -0.15) is 9.61 Å². The van der Waals surface area contributed by atoms with Crippen LogP contribution in [0.4, 0.5) is 11.5 Å². The number of hydrogen-bond donors (Lipinski definition) is 1. The first kappa shape index (κ1) is 23.7. The number of carbonyl (C=O) groups excluding carboxylic acids is 1. The lowest BCUT2D eigenvalue weighted by Crippen LogP contribution is -2.39. The van der Waals surface area contributed by atoms with E-state index < -0.39 is 0 Å². The third-order valence-electron chi connectivity index (χ3n) is 6.74. The smallest absolute Gasteiger partial charge is 0.227 e. The van der Waals surface area contributed by atoms with Gasteiger partial charge in [-0.25, -0.2) is 4.98 Å². The van der Waals surface area contributed by atoms with Crippen LogP contribution in [0.25, 0.3) is 16.9 Å². The number of hydrogen-bond acceptors (Lipinski definition) is 6. The molecule has 1 N–H and O–H groups in total. The number of rotatable bonds is 6. The van der Waals surface area contributed by atoms with Gasteiger partial charge in [0.1, 0.15) is 17.3 Å². The summed E-state index contributed by atoms with van der Waals surface area (Å²) < 4.78 is 12.6. The molecule has 36 heavy (non-hydrogen) atoms. The zero-order valence-corrected chi connectivity index (χ0v) is 21.1. The summed E-state index contributed by atoms with van der Waals surface area (Å²) in [6, 6.07) is 17.9. The minimum absolute atomic E-state index is 0.00185. The lowest BCUT2D eigenvalue weighted by Gasteiger charge is -2.33. The van der Waals surface area contributed by atoms with Gasteiger partial charge in [-0.3, -0.25) is 4.79 Å². The third kappa shape index (κ3) is 4.71. The number of methoxy groups -OCH3 is 2. The predicted molar refractivity (Wildman–Crippen MR) is 141 cm³/mol. The van der Waals surface area contributed by atoms with Crippen LogP contribution in [0, 0.1) is 19.8 Å². The Morgan fingerprint density at radius 1 is 0.972 bits per heavy atom. The number of aryl methyl sites for hydroxylation is 2. The largest absolute Gasteiger partial charge is 0.497 e. The Kier molecular flexibility index (Phi) is 6.50. The van der Waals surface area contributed by atoms with E-state index >= 15 is 0 Å². The Morgan fingerprint density at radius 3 is 2.42 bits per heavy atom. The van der Waals surface area contributed by atoms with Crippen molar-refractivity contribution in [1.29, 1.82) is 0 Å². The second kappa shape index (κ2) is 9.89. The number of anilines is 2. The predicted octanol–water partition coefficient (Wildman–Crippen LogP) is 4.89. The number of fused-ring (bicyclic) bond motifs is 1. The normalized spacial score (nSPS) is 14.2. The summed E-state index contributed by atoms with van der Waals surface area (Å²) in [5.74, 6) is 2.19. The van der Waals surface area contributed by atoms with Gasteiger partial charge in [0.05, 0.1) is 25.6 Å². The van der Waals surface area contributed by atoms with Crippen LogP contribution in [-0.4, -0.2) is 47.8 Å². The van der Waals surface area contributed by atoms with Crippen molar-refractivity contribution in [3.05, 3.63) is 65.9 Å². The maximum Gasteiger partial charge on any atom is 0.227 e. The zero-order valence-electron chi connectivity index (χ0n) is 21.1. The molecule has 0 aliphatic carbocycles. The fourth-order valence-electron chi connectivity index (χ4n) is 4.69. The molecule has 1 amide bonds. The van der Waals surface area contributed by atoms with Gasteiger partial charge in [0, 0.05) is 48.5 Å². The number of nitrogens with zero attached hydrogens (tertiary/aromatic N) is 4. The topological polar surface area (TPSA) is 81.0 Å². The van der Waals surface area contributed by atoms with E-state index in [1.807, 2.05) is 23.6 Å². The molecule has 1 aliphatic heterocycles. The summed E-state index contributed by atoms with van der Waals surface area (Å²) in [6.45, 7) is 5.59. The van der Waals surface area contributed by atoms with Gasteiger partial charge in [0.25, 0.3) is 0 Å². The molecule has 4 aromatic rings. The second-order valence-corrected chi connectivity index (χ2v) is 9.24. The van der Waals surface area contributed by atoms with Gasteiger partial charge in [0.15, 0.2) is 5.65 Å². The molecule has 2 aromatic heterocycles. The number of nitrogens with one attached hydrogen (secondary N) is 1. The molecule has 8 nitrogen and oxygen atoms in total. The summed E-state index contributed by atoms with van der Waals surface area (Å²) in [5, 5.41) is 7.92. The van der Waals surface area contributed by atoms with E-state index in [4.69, 9.17) is 19.6 Å². The molecule has 0 bridgehead atoms. The highest BCUT2D eigenvalue weighted by Gasteiger charge is 2.27. The number of benzene rings is 2. The highest BCUT2D eigenvalue weighted by molar-refractivity contribution is 5.94. The maximum absolute atomic E-state index is 13.1. The van der Waals surface area contributed by atoms with Crippen LogP contribution < -0.4 is 19.7 Å². The van der Waals surface area contributed by atoms with Gasteiger partial charge >= 0.3 is 0 Å². The van der Waals surface area contributed by atoms with E-state index in [0.717, 1.165) is 54.3 Å². The second-order valence-electron chi connectivity index (χ2n) is 9.24. The maximum atomic E-state index is 13.1. The lowest BCUT2D eigenvalue weighted by molar-refractivity contribution is -0.120. The summed E-state index contributed by atoms with van der Waals surface area (Å²) in [6.07, 6.45) is 1.49. The summed E-state index contributed by atoms with van der Waals surface area (Å²) in [4.78, 5) is 20.1. The van der Waals surface area contributed by atoms with E-state index in [9.17, 15) is 4.79 Å². The van der Waals surface area contributed by atoms with Crippen LogP contribution in [0.1, 0.15) is 24.1 Å². The van der Waals surface area contributed by atoms with Crippen molar-refractivity contribution < 1.29 is 14.3 Å². The molecule has 1 saturated heterocycles. The van der Waals surface area contributed by atoms with Gasteiger partial charge < -0.3 is 19.7 Å². The van der Waals surface area contributed by atoms with Crippen molar-refractivity contribution in [2.45, 2.75) is 26.7 Å². The fourth-order valence-corrected chi connectivity index (χ4v) is 4.69. The Bertz CT molecular complexity index is 1390. The average Bonchev–Trinajstić information content (AvgIpc) is 3.32. The van der Waals surface area contributed by atoms with Crippen LogP contribution in [0.3, 0.4) is 0 Å². The monoisotopic (exact) mass is 485 g/mol. The van der Waals surface area contributed by atoms with Crippen molar-refractivity contribution in [2.24, 2.45) is 5.92 Å². The first-order chi connectivity index (χ1) is 17.4. The van der Waals surface area contributed by atoms with Crippen LogP contribution in [0.5, 0.6) is 11.5 Å². The minimum atomic E-state index is -0.0867. The number of piperidine rings is 1. The van der Waals surface area contributed by atoms with E-state index in [1.165, 1.54) is 5.56 Å². The van der Waals surface area contributed by atoms with Crippen LogP contribution >= 0.6 is 0 Å². The quantitative estimate of drug-likeness (QED) is 0.419. The van der Waals surface area contributed by atoms with Crippen LogP contribution in [0.15, 0.2) is 54.6 Å². The fraction of sp³-hybridized carbons (Fsp3) is 0.321. The third-order valence-corrected chi connectivity index (χ3v) is 6.74. The molecule has 5 rings (SSSR count). The molecule has 1 fully saturated rings. The van der Waals surface area contributed by atoms with Crippen molar-refractivity contribution in [2.75, 3.05) is 37.5 Å². The van der Waals surface area contributed by atoms with Crippen molar-refractivity contribution in [3.63, 3.8) is 0 Å². The average molecular weight is 486 g/mol. The SMILES string of the molecule is COc1ccc(OC)c(NC(=O)C2CCN(c3cc(C)nc4cc(-c5ccc(C)cc5)nn34)CC2)c1. The standard InChI is InChI=1S/C28H31N5O3/c1-18-5-7-20(8-6-18)23-17-26-29-19(2)15-27(33(26)31-23)32-13-11-21(12-14-32)28(34)30-24-16-22(35-3)9-10-25(24)36-4/h5-10,15-17,21H,11-14H2,1-4H3,(H,30,34). The van der Waals surface area contributed by atoms with Gasteiger partial charge in [-0.1, -0.05) is 29.8 Å². The Labute approximate surface area is 210 Å². The first-order valence-electron chi connectivity index (χ1n) is 12.2. The van der Waals surface area contributed by atoms with Gasteiger partial charge in [0.2, 0.25) is 5.91 Å². The Hall–Kier alpha value is -4.07. The number of aromatic nitrogens is 3. The molecule has 0 unspecified atom stereocenters. The zero-order chi connectivity index (χ0) is 25.2. The van der Waals surface area contributed by atoms with Crippen LogP contribution in [0.2, 0.25) is 0 Å². The molecule has 2 aromatic carbocycles. The highest BCUT2D eigenvalue weighted by Crippen LogP contribution is 2.31. The van der Waals surface area contributed by atoms with Crippen molar-refractivity contribution in [3.8, 4) is 22.8 Å².